The lowest BCUT2D eigenvalue weighted by molar-refractivity contribution is 0.0946. The smallest absolute Gasteiger partial charge is 0.261 e. The van der Waals surface area contributed by atoms with Crippen LogP contribution in [0.15, 0.2) is 24.3 Å². The van der Waals surface area contributed by atoms with Gasteiger partial charge in [-0.05, 0) is 29.7 Å². The Balaban J connectivity index is 0.00000133. The molecule has 6 heteroatoms. The summed E-state index contributed by atoms with van der Waals surface area (Å²) in [4.78, 5) is 12.6. The SMILES string of the molecule is Cl.O=C(NCC1CNC1)c1cc2cc(F)ccc2s1. The monoisotopic (exact) mass is 300 g/mol. The fourth-order valence-electron chi connectivity index (χ4n) is 1.94. The number of fused-ring (bicyclic) bond motifs is 1. The minimum absolute atomic E-state index is 0. The second-order valence-corrected chi connectivity index (χ2v) is 5.61. The Morgan fingerprint density at radius 1 is 1.42 bits per heavy atom. The Bertz CT molecular complexity index is 597. The molecule has 19 heavy (non-hydrogen) atoms. The number of carbonyl (C=O) groups is 1. The topological polar surface area (TPSA) is 41.1 Å². The predicted molar refractivity (Wildman–Crippen MR) is 77.7 cm³/mol. The highest BCUT2D eigenvalue weighted by Gasteiger charge is 2.18. The highest BCUT2D eigenvalue weighted by Crippen LogP contribution is 2.26. The third-order valence-electron chi connectivity index (χ3n) is 3.12. The average Bonchev–Trinajstić information content (AvgIpc) is 2.69. The van der Waals surface area contributed by atoms with E-state index in [-0.39, 0.29) is 24.1 Å². The van der Waals surface area contributed by atoms with Crippen LogP contribution in [-0.2, 0) is 0 Å². The number of hydrogen-bond acceptors (Lipinski definition) is 3. The first-order valence-corrected chi connectivity index (χ1v) is 6.72. The molecule has 1 saturated heterocycles. The summed E-state index contributed by atoms with van der Waals surface area (Å²) in [6.45, 7) is 2.64. The molecule has 1 fully saturated rings. The van der Waals surface area contributed by atoms with Gasteiger partial charge in [-0.3, -0.25) is 4.79 Å². The van der Waals surface area contributed by atoms with Gasteiger partial charge in [-0.15, -0.1) is 23.7 Å². The van der Waals surface area contributed by atoms with E-state index in [9.17, 15) is 9.18 Å². The van der Waals surface area contributed by atoms with Crippen LogP contribution in [0.4, 0.5) is 4.39 Å². The number of carbonyl (C=O) groups excluding carboxylic acids is 1. The van der Waals surface area contributed by atoms with Crippen LogP contribution >= 0.6 is 23.7 Å². The van der Waals surface area contributed by atoms with Crippen molar-refractivity contribution in [2.75, 3.05) is 19.6 Å². The number of benzene rings is 1. The summed E-state index contributed by atoms with van der Waals surface area (Å²) < 4.78 is 14.0. The van der Waals surface area contributed by atoms with Crippen LogP contribution < -0.4 is 10.6 Å². The molecular formula is C13H14ClFN2OS. The van der Waals surface area contributed by atoms with Gasteiger partial charge in [0.25, 0.3) is 5.91 Å². The molecule has 0 atom stereocenters. The van der Waals surface area contributed by atoms with E-state index in [4.69, 9.17) is 0 Å². The molecule has 0 bridgehead atoms. The largest absolute Gasteiger partial charge is 0.351 e. The summed E-state index contributed by atoms with van der Waals surface area (Å²) in [6, 6.07) is 6.33. The molecule has 1 aromatic heterocycles. The lowest BCUT2D eigenvalue weighted by Gasteiger charge is -2.26. The molecule has 1 aromatic carbocycles. The number of thiophene rings is 1. The molecular weight excluding hydrogens is 287 g/mol. The highest BCUT2D eigenvalue weighted by atomic mass is 35.5. The third-order valence-corrected chi connectivity index (χ3v) is 4.23. The third kappa shape index (κ3) is 3.05. The van der Waals surface area contributed by atoms with E-state index in [1.807, 2.05) is 0 Å². The zero-order valence-electron chi connectivity index (χ0n) is 10.1. The highest BCUT2D eigenvalue weighted by molar-refractivity contribution is 7.20. The van der Waals surface area contributed by atoms with Crippen molar-refractivity contribution >= 4 is 39.7 Å². The van der Waals surface area contributed by atoms with E-state index >= 15 is 0 Å². The number of rotatable bonds is 3. The molecule has 3 nitrogen and oxygen atoms in total. The Morgan fingerprint density at radius 2 is 2.21 bits per heavy atom. The zero-order chi connectivity index (χ0) is 12.5. The van der Waals surface area contributed by atoms with Crippen LogP contribution in [-0.4, -0.2) is 25.5 Å². The second kappa shape index (κ2) is 5.86. The maximum Gasteiger partial charge on any atom is 0.261 e. The van der Waals surface area contributed by atoms with E-state index < -0.39 is 0 Å². The molecule has 0 saturated carbocycles. The average molecular weight is 301 g/mol. The molecule has 0 aliphatic carbocycles. The molecule has 1 amide bonds. The Hall–Kier alpha value is -1.17. The van der Waals surface area contributed by atoms with Crippen molar-refractivity contribution < 1.29 is 9.18 Å². The van der Waals surface area contributed by atoms with E-state index in [0.717, 1.165) is 23.2 Å². The van der Waals surface area contributed by atoms with E-state index in [1.54, 1.807) is 12.1 Å². The summed E-state index contributed by atoms with van der Waals surface area (Å²) in [5, 5.41) is 6.86. The van der Waals surface area contributed by atoms with Gasteiger partial charge in [0.05, 0.1) is 4.88 Å². The lowest BCUT2D eigenvalue weighted by Crippen LogP contribution is -2.48. The van der Waals surface area contributed by atoms with Crippen molar-refractivity contribution in [3.05, 3.63) is 35.0 Å². The minimum Gasteiger partial charge on any atom is -0.351 e. The maximum atomic E-state index is 13.1. The van der Waals surface area contributed by atoms with Crippen LogP contribution in [0.3, 0.4) is 0 Å². The first-order chi connectivity index (χ1) is 8.72. The standard InChI is InChI=1S/C13H13FN2OS.ClH/c14-10-1-2-11-9(3-10)4-12(18-11)13(17)16-7-8-5-15-6-8;/h1-4,8,15H,5-7H2,(H,16,17);1H. The summed E-state index contributed by atoms with van der Waals surface area (Å²) in [5.41, 5.74) is 0. The lowest BCUT2D eigenvalue weighted by atomic mass is 10.0. The molecule has 2 aromatic rings. The molecule has 0 radical (unpaired) electrons. The van der Waals surface area contributed by atoms with Gasteiger partial charge in [0.15, 0.2) is 0 Å². The Kier molecular flexibility index (Phi) is 4.39. The number of amides is 1. The molecule has 3 rings (SSSR count). The Morgan fingerprint density at radius 3 is 2.89 bits per heavy atom. The van der Waals surface area contributed by atoms with Crippen LogP contribution in [0.25, 0.3) is 10.1 Å². The van der Waals surface area contributed by atoms with Crippen molar-refractivity contribution in [3.63, 3.8) is 0 Å². The predicted octanol–water partition coefficient (Wildman–Crippen LogP) is 2.41. The summed E-state index contributed by atoms with van der Waals surface area (Å²) in [6.07, 6.45) is 0. The number of hydrogen-bond donors (Lipinski definition) is 2. The molecule has 2 heterocycles. The van der Waals surface area contributed by atoms with Crippen LogP contribution in [0, 0.1) is 11.7 Å². The second-order valence-electron chi connectivity index (χ2n) is 4.53. The maximum absolute atomic E-state index is 13.1. The van der Waals surface area contributed by atoms with Gasteiger partial charge in [-0.25, -0.2) is 4.39 Å². The van der Waals surface area contributed by atoms with Crippen LogP contribution in [0.5, 0.6) is 0 Å². The van der Waals surface area contributed by atoms with Gasteiger partial charge in [0, 0.05) is 30.3 Å². The summed E-state index contributed by atoms with van der Waals surface area (Å²) in [7, 11) is 0. The van der Waals surface area contributed by atoms with E-state index in [1.165, 1.54) is 23.5 Å². The van der Waals surface area contributed by atoms with E-state index in [0.29, 0.717) is 17.3 Å². The summed E-state index contributed by atoms with van der Waals surface area (Å²) >= 11 is 1.40. The van der Waals surface area contributed by atoms with Gasteiger partial charge in [0.2, 0.25) is 0 Å². The molecule has 102 valence electrons. The van der Waals surface area contributed by atoms with Crippen molar-refractivity contribution in [1.29, 1.82) is 0 Å². The van der Waals surface area contributed by atoms with Crippen molar-refractivity contribution in [3.8, 4) is 0 Å². The molecule has 1 aliphatic rings. The van der Waals surface area contributed by atoms with Gasteiger partial charge >= 0.3 is 0 Å². The van der Waals surface area contributed by atoms with Gasteiger partial charge < -0.3 is 10.6 Å². The van der Waals surface area contributed by atoms with Gasteiger partial charge in [-0.1, -0.05) is 0 Å². The fourth-order valence-corrected chi connectivity index (χ4v) is 2.90. The van der Waals surface area contributed by atoms with Gasteiger partial charge in [0.1, 0.15) is 5.82 Å². The first kappa shape index (κ1) is 14.2. The van der Waals surface area contributed by atoms with E-state index in [2.05, 4.69) is 10.6 Å². The molecule has 0 unspecified atom stereocenters. The zero-order valence-corrected chi connectivity index (χ0v) is 11.7. The number of halogens is 2. The van der Waals surface area contributed by atoms with Crippen molar-refractivity contribution in [1.82, 2.24) is 10.6 Å². The molecule has 1 aliphatic heterocycles. The molecule has 0 spiro atoms. The summed E-state index contributed by atoms with van der Waals surface area (Å²) in [5.74, 6) is 0.206. The van der Waals surface area contributed by atoms with Gasteiger partial charge in [-0.2, -0.15) is 0 Å². The number of nitrogens with one attached hydrogen (secondary N) is 2. The fraction of sp³-hybridized carbons (Fsp3) is 0.308. The quantitative estimate of drug-likeness (QED) is 0.914. The Labute approximate surface area is 120 Å². The minimum atomic E-state index is -0.271. The van der Waals surface area contributed by atoms with Crippen LogP contribution in [0.2, 0.25) is 0 Å². The van der Waals surface area contributed by atoms with Crippen molar-refractivity contribution in [2.45, 2.75) is 0 Å². The first-order valence-electron chi connectivity index (χ1n) is 5.90. The normalized spacial score (nSPS) is 14.8. The van der Waals surface area contributed by atoms with Crippen molar-refractivity contribution in [2.24, 2.45) is 5.92 Å². The van der Waals surface area contributed by atoms with Crippen LogP contribution in [0.1, 0.15) is 9.67 Å². The molecule has 2 N–H and O–H groups in total.